The van der Waals surface area contributed by atoms with E-state index >= 15 is 0 Å². The summed E-state index contributed by atoms with van der Waals surface area (Å²) in [5.74, 6) is 0.732. The molecule has 102 valence electrons. The Morgan fingerprint density at radius 3 is 2.10 bits per heavy atom. The van der Waals surface area contributed by atoms with Gasteiger partial charge < -0.3 is 9.84 Å². The van der Waals surface area contributed by atoms with E-state index < -0.39 is 5.97 Å². The number of fused-ring (bicyclic) bond motifs is 2. The summed E-state index contributed by atoms with van der Waals surface area (Å²) < 4.78 is 5.89. The van der Waals surface area contributed by atoms with Gasteiger partial charge in [0.1, 0.15) is 11.5 Å². The summed E-state index contributed by atoms with van der Waals surface area (Å²) >= 11 is 0. The van der Waals surface area contributed by atoms with E-state index in [1.54, 1.807) is 0 Å². The van der Waals surface area contributed by atoms with Crippen molar-refractivity contribution >= 4 is 5.97 Å². The SMILES string of the molecule is CN(CC(=O)O)C1c2ccccc2Oc2ccccc21. The Labute approximate surface area is 117 Å². The first-order valence-electron chi connectivity index (χ1n) is 6.44. The average Bonchev–Trinajstić information content (AvgIpc) is 2.43. The van der Waals surface area contributed by atoms with E-state index in [1.165, 1.54) is 0 Å². The molecule has 3 rings (SSSR count). The molecule has 1 aliphatic heterocycles. The molecule has 0 fully saturated rings. The number of hydrogen-bond donors (Lipinski definition) is 1. The van der Waals surface area contributed by atoms with Crippen molar-refractivity contribution < 1.29 is 14.6 Å². The third-order valence-electron chi connectivity index (χ3n) is 3.47. The minimum Gasteiger partial charge on any atom is -0.480 e. The lowest BCUT2D eigenvalue weighted by atomic mass is 9.93. The number of para-hydroxylation sites is 2. The number of carbonyl (C=O) groups is 1. The number of likely N-dealkylation sites (N-methyl/N-ethyl adjacent to an activating group) is 1. The predicted molar refractivity (Wildman–Crippen MR) is 75.1 cm³/mol. The highest BCUT2D eigenvalue weighted by molar-refractivity contribution is 5.69. The van der Waals surface area contributed by atoms with Gasteiger partial charge in [-0.25, -0.2) is 0 Å². The maximum atomic E-state index is 11.0. The fourth-order valence-corrected chi connectivity index (χ4v) is 2.66. The average molecular weight is 269 g/mol. The van der Waals surface area contributed by atoms with Crippen LogP contribution in [0.25, 0.3) is 0 Å². The lowest BCUT2D eigenvalue weighted by Crippen LogP contribution is -2.32. The number of ether oxygens (including phenoxy) is 1. The minimum atomic E-state index is -0.839. The summed E-state index contributed by atoms with van der Waals surface area (Å²) in [4.78, 5) is 12.8. The lowest BCUT2D eigenvalue weighted by molar-refractivity contribution is -0.138. The number of aliphatic carboxylic acids is 1. The van der Waals surface area contributed by atoms with Crippen LogP contribution in [-0.4, -0.2) is 29.6 Å². The number of rotatable bonds is 3. The van der Waals surface area contributed by atoms with E-state index in [-0.39, 0.29) is 12.6 Å². The number of hydrogen-bond acceptors (Lipinski definition) is 3. The van der Waals surface area contributed by atoms with Crippen molar-refractivity contribution in [3.05, 3.63) is 59.7 Å². The Morgan fingerprint density at radius 2 is 1.60 bits per heavy atom. The van der Waals surface area contributed by atoms with Crippen molar-refractivity contribution in [1.29, 1.82) is 0 Å². The third-order valence-corrected chi connectivity index (χ3v) is 3.47. The highest BCUT2D eigenvalue weighted by Crippen LogP contribution is 2.44. The Balaban J connectivity index is 2.10. The lowest BCUT2D eigenvalue weighted by Gasteiger charge is -2.33. The molecule has 0 spiro atoms. The van der Waals surface area contributed by atoms with Gasteiger partial charge in [0.05, 0.1) is 12.6 Å². The Morgan fingerprint density at radius 1 is 1.10 bits per heavy atom. The Bertz CT molecular complexity index is 608. The maximum Gasteiger partial charge on any atom is 0.317 e. The van der Waals surface area contributed by atoms with E-state index in [9.17, 15) is 4.79 Å². The van der Waals surface area contributed by atoms with Gasteiger partial charge in [-0.2, -0.15) is 0 Å². The second-order valence-electron chi connectivity index (χ2n) is 4.89. The number of nitrogens with zero attached hydrogens (tertiary/aromatic N) is 1. The van der Waals surface area contributed by atoms with Crippen molar-refractivity contribution in [3.63, 3.8) is 0 Å². The van der Waals surface area contributed by atoms with Gasteiger partial charge in [0.25, 0.3) is 0 Å². The molecule has 1 aliphatic rings. The van der Waals surface area contributed by atoms with Gasteiger partial charge in [0.15, 0.2) is 0 Å². The molecule has 4 heteroatoms. The van der Waals surface area contributed by atoms with Gasteiger partial charge >= 0.3 is 5.97 Å². The molecule has 2 aromatic carbocycles. The van der Waals surface area contributed by atoms with Crippen LogP contribution in [0.1, 0.15) is 17.2 Å². The number of benzene rings is 2. The van der Waals surface area contributed by atoms with Crippen LogP contribution in [0.15, 0.2) is 48.5 Å². The highest BCUT2D eigenvalue weighted by atomic mass is 16.5. The zero-order valence-electron chi connectivity index (χ0n) is 11.1. The van der Waals surface area contributed by atoms with E-state index in [1.807, 2.05) is 60.5 Å². The van der Waals surface area contributed by atoms with Crippen LogP contribution in [0.4, 0.5) is 0 Å². The molecular weight excluding hydrogens is 254 g/mol. The zero-order chi connectivity index (χ0) is 14.1. The van der Waals surface area contributed by atoms with Gasteiger partial charge in [0, 0.05) is 11.1 Å². The first-order chi connectivity index (χ1) is 9.66. The van der Waals surface area contributed by atoms with Crippen molar-refractivity contribution in [1.82, 2.24) is 4.90 Å². The fourth-order valence-electron chi connectivity index (χ4n) is 2.66. The van der Waals surface area contributed by atoms with Crippen LogP contribution in [0.2, 0.25) is 0 Å². The number of carboxylic acid groups (broad SMARTS) is 1. The van der Waals surface area contributed by atoms with E-state index in [2.05, 4.69) is 0 Å². The molecule has 0 saturated carbocycles. The zero-order valence-corrected chi connectivity index (χ0v) is 11.1. The second-order valence-corrected chi connectivity index (χ2v) is 4.89. The molecule has 20 heavy (non-hydrogen) atoms. The molecule has 0 bridgehead atoms. The van der Waals surface area contributed by atoms with Crippen LogP contribution in [0, 0.1) is 0 Å². The largest absolute Gasteiger partial charge is 0.480 e. The molecule has 1 heterocycles. The van der Waals surface area contributed by atoms with E-state index in [0.717, 1.165) is 22.6 Å². The first-order valence-corrected chi connectivity index (χ1v) is 6.44. The molecule has 0 atom stereocenters. The quantitative estimate of drug-likeness (QED) is 0.930. The van der Waals surface area contributed by atoms with Gasteiger partial charge in [-0.05, 0) is 19.2 Å². The summed E-state index contributed by atoms with van der Waals surface area (Å²) in [6.07, 6.45) is 0. The molecule has 0 aliphatic carbocycles. The van der Waals surface area contributed by atoms with Crippen LogP contribution in [0.3, 0.4) is 0 Å². The van der Waals surface area contributed by atoms with Crippen molar-refractivity contribution in [3.8, 4) is 11.5 Å². The van der Waals surface area contributed by atoms with Gasteiger partial charge in [0.2, 0.25) is 0 Å². The molecule has 0 radical (unpaired) electrons. The van der Waals surface area contributed by atoms with Crippen molar-refractivity contribution in [2.24, 2.45) is 0 Å². The molecule has 0 aromatic heterocycles. The fraction of sp³-hybridized carbons (Fsp3) is 0.188. The van der Waals surface area contributed by atoms with Crippen molar-refractivity contribution in [2.75, 3.05) is 13.6 Å². The Kier molecular flexibility index (Phi) is 3.16. The normalized spacial score (nSPS) is 13.5. The summed E-state index contributed by atoms with van der Waals surface area (Å²) in [7, 11) is 1.82. The van der Waals surface area contributed by atoms with Crippen LogP contribution < -0.4 is 4.74 Å². The highest BCUT2D eigenvalue weighted by Gasteiger charge is 2.30. The number of carboxylic acids is 1. The maximum absolute atomic E-state index is 11.0. The molecule has 2 aromatic rings. The van der Waals surface area contributed by atoms with Crippen molar-refractivity contribution in [2.45, 2.75) is 6.04 Å². The second kappa shape index (κ2) is 4.98. The summed E-state index contributed by atoms with van der Waals surface area (Å²) in [6.45, 7) is -0.0205. The van der Waals surface area contributed by atoms with E-state index in [0.29, 0.717) is 0 Å². The summed E-state index contributed by atoms with van der Waals surface area (Å²) in [5.41, 5.74) is 1.99. The minimum absolute atomic E-state index is 0.0205. The summed E-state index contributed by atoms with van der Waals surface area (Å²) in [5, 5.41) is 9.04. The van der Waals surface area contributed by atoms with Gasteiger partial charge in [-0.1, -0.05) is 36.4 Å². The third kappa shape index (κ3) is 2.14. The van der Waals surface area contributed by atoms with Crippen LogP contribution in [0.5, 0.6) is 11.5 Å². The molecule has 1 N–H and O–H groups in total. The molecule has 0 amide bonds. The molecular formula is C16H15NO3. The monoisotopic (exact) mass is 269 g/mol. The van der Waals surface area contributed by atoms with Crippen LogP contribution >= 0.6 is 0 Å². The smallest absolute Gasteiger partial charge is 0.317 e. The van der Waals surface area contributed by atoms with Crippen LogP contribution in [-0.2, 0) is 4.79 Å². The molecule has 4 nitrogen and oxygen atoms in total. The van der Waals surface area contributed by atoms with E-state index in [4.69, 9.17) is 9.84 Å². The standard InChI is InChI=1S/C16H15NO3/c1-17(10-15(18)19)16-11-6-2-4-8-13(11)20-14-9-5-3-7-12(14)16/h2-9,16H,10H2,1H3,(H,18,19). The van der Waals surface area contributed by atoms with Gasteiger partial charge in [-0.15, -0.1) is 0 Å². The topological polar surface area (TPSA) is 49.8 Å². The first kappa shape index (κ1) is 12.7. The Hall–Kier alpha value is -2.33. The summed E-state index contributed by atoms with van der Waals surface area (Å²) in [6, 6.07) is 15.4. The predicted octanol–water partition coefficient (Wildman–Crippen LogP) is 2.90. The molecule has 0 unspecified atom stereocenters. The van der Waals surface area contributed by atoms with Gasteiger partial charge in [-0.3, -0.25) is 9.69 Å². The molecule has 0 saturated heterocycles.